The van der Waals surface area contributed by atoms with E-state index in [1.807, 2.05) is 37.3 Å². The van der Waals surface area contributed by atoms with E-state index in [0.717, 1.165) is 5.56 Å². The molecule has 0 aliphatic heterocycles. The number of hydrogen-bond acceptors (Lipinski definition) is 4. The summed E-state index contributed by atoms with van der Waals surface area (Å²) >= 11 is 0. The first-order chi connectivity index (χ1) is 11.0. The molecule has 0 fully saturated rings. The lowest BCUT2D eigenvalue weighted by atomic mass is 10.2. The molecule has 0 aliphatic rings. The van der Waals surface area contributed by atoms with E-state index in [1.165, 1.54) is 24.6 Å². The van der Waals surface area contributed by atoms with E-state index in [4.69, 9.17) is 9.47 Å². The third kappa shape index (κ3) is 3.83. The van der Waals surface area contributed by atoms with Crippen LogP contribution in [0.3, 0.4) is 0 Å². The van der Waals surface area contributed by atoms with Gasteiger partial charge in [-0.15, -0.1) is 0 Å². The van der Waals surface area contributed by atoms with Gasteiger partial charge in [-0.1, -0.05) is 37.3 Å². The minimum Gasteiger partial charge on any atom is -0.497 e. The Labute approximate surface area is 137 Å². The molecule has 0 unspecified atom stereocenters. The monoisotopic (exact) mass is 335 g/mol. The van der Waals surface area contributed by atoms with Crippen LogP contribution in [0.2, 0.25) is 0 Å². The molecule has 124 valence electrons. The summed E-state index contributed by atoms with van der Waals surface area (Å²) in [5.41, 5.74) is 0.930. The van der Waals surface area contributed by atoms with Crippen LogP contribution in [0.25, 0.3) is 0 Å². The van der Waals surface area contributed by atoms with Crippen LogP contribution in [0.15, 0.2) is 53.4 Å². The molecule has 5 nitrogen and oxygen atoms in total. The Morgan fingerprint density at radius 3 is 2.26 bits per heavy atom. The van der Waals surface area contributed by atoms with Gasteiger partial charge in [-0.3, -0.25) is 0 Å². The first kappa shape index (κ1) is 17.3. The number of sulfonamides is 1. The largest absolute Gasteiger partial charge is 0.497 e. The van der Waals surface area contributed by atoms with E-state index >= 15 is 0 Å². The van der Waals surface area contributed by atoms with Gasteiger partial charge in [-0.2, -0.15) is 4.31 Å². The lowest BCUT2D eigenvalue weighted by Crippen LogP contribution is -2.30. The second-order valence-corrected chi connectivity index (χ2v) is 6.84. The van der Waals surface area contributed by atoms with Crippen LogP contribution >= 0.6 is 0 Å². The van der Waals surface area contributed by atoms with Crippen LogP contribution in [0.1, 0.15) is 12.5 Å². The first-order valence-corrected chi connectivity index (χ1v) is 8.73. The Kier molecular flexibility index (Phi) is 5.63. The molecule has 0 amide bonds. The van der Waals surface area contributed by atoms with E-state index in [2.05, 4.69) is 0 Å². The Hall–Kier alpha value is -2.05. The number of benzene rings is 2. The molecular formula is C17H21NO4S. The van der Waals surface area contributed by atoms with E-state index in [1.54, 1.807) is 12.1 Å². The second-order valence-electron chi connectivity index (χ2n) is 4.93. The molecule has 0 saturated heterocycles. The van der Waals surface area contributed by atoms with Gasteiger partial charge in [-0.05, 0) is 17.7 Å². The summed E-state index contributed by atoms with van der Waals surface area (Å²) < 4.78 is 37.8. The minimum atomic E-state index is -3.70. The molecule has 0 heterocycles. The molecular weight excluding hydrogens is 314 g/mol. The molecule has 0 N–H and O–H groups in total. The maximum Gasteiger partial charge on any atom is 0.247 e. The summed E-state index contributed by atoms with van der Waals surface area (Å²) in [5.74, 6) is 0.775. The molecule has 0 bridgehead atoms. The molecule has 0 radical (unpaired) electrons. The van der Waals surface area contributed by atoms with Crippen LogP contribution in [-0.4, -0.2) is 33.5 Å². The molecule has 0 atom stereocenters. The Bertz CT molecular complexity index is 744. The van der Waals surface area contributed by atoms with Gasteiger partial charge in [0.25, 0.3) is 0 Å². The SMILES string of the molecule is CCN(Cc1ccccc1)S(=O)(=O)c1cc(OC)ccc1OC. The number of rotatable bonds is 7. The number of hydrogen-bond donors (Lipinski definition) is 0. The van der Waals surface area contributed by atoms with Crippen molar-refractivity contribution in [2.75, 3.05) is 20.8 Å². The molecule has 23 heavy (non-hydrogen) atoms. The zero-order valence-corrected chi connectivity index (χ0v) is 14.3. The Balaban J connectivity index is 2.42. The lowest BCUT2D eigenvalue weighted by Gasteiger charge is -2.22. The van der Waals surface area contributed by atoms with Crippen LogP contribution in [0.5, 0.6) is 11.5 Å². The van der Waals surface area contributed by atoms with Gasteiger partial charge < -0.3 is 9.47 Å². The molecule has 0 aromatic heterocycles. The average molecular weight is 335 g/mol. The molecule has 0 spiro atoms. The van der Waals surface area contributed by atoms with Crippen molar-refractivity contribution in [3.8, 4) is 11.5 Å². The van der Waals surface area contributed by atoms with Crippen LogP contribution in [0, 0.1) is 0 Å². The summed E-state index contributed by atoms with van der Waals surface area (Å²) in [7, 11) is -0.744. The van der Waals surface area contributed by atoms with Crippen molar-refractivity contribution in [3.05, 3.63) is 54.1 Å². The van der Waals surface area contributed by atoms with Crippen molar-refractivity contribution in [2.45, 2.75) is 18.4 Å². The van der Waals surface area contributed by atoms with Crippen LogP contribution in [0.4, 0.5) is 0 Å². The Morgan fingerprint density at radius 1 is 1.00 bits per heavy atom. The number of ether oxygens (including phenoxy) is 2. The second kappa shape index (κ2) is 7.48. The molecule has 6 heteroatoms. The highest BCUT2D eigenvalue weighted by Crippen LogP contribution is 2.31. The fourth-order valence-corrected chi connectivity index (χ4v) is 3.89. The topological polar surface area (TPSA) is 55.8 Å². The molecule has 2 aromatic rings. The van der Waals surface area contributed by atoms with Gasteiger partial charge in [0.1, 0.15) is 16.4 Å². The summed E-state index contributed by atoms with van der Waals surface area (Å²) in [5, 5.41) is 0. The predicted octanol–water partition coefficient (Wildman–Crippen LogP) is 2.91. The van der Waals surface area contributed by atoms with E-state index in [9.17, 15) is 8.42 Å². The number of nitrogens with zero attached hydrogens (tertiary/aromatic N) is 1. The van der Waals surface area contributed by atoms with Crippen molar-refractivity contribution in [1.82, 2.24) is 4.31 Å². The molecule has 0 aliphatic carbocycles. The predicted molar refractivity (Wildman–Crippen MR) is 89.3 cm³/mol. The van der Waals surface area contributed by atoms with E-state index < -0.39 is 10.0 Å². The van der Waals surface area contributed by atoms with Gasteiger partial charge in [0.05, 0.1) is 14.2 Å². The standard InChI is InChI=1S/C17H21NO4S/c1-4-18(13-14-8-6-5-7-9-14)23(19,20)17-12-15(21-2)10-11-16(17)22-3/h5-12H,4,13H2,1-3H3. The van der Waals surface area contributed by atoms with Crippen molar-refractivity contribution < 1.29 is 17.9 Å². The van der Waals surface area contributed by atoms with Gasteiger partial charge in [0.2, 0.25) is 10.0 Å². The summed E-state index contributed by atoms with van der Waals surface area (Å²) in [4.78, 5) is 0.108. The minimum absolute atomic E-state index is 0.108. The fourth-order valence-electron chi connectivity index (χ4n) is 2.28. The third-order valence-corrected chi connectivity index (χ3v) is 5.49. The molecule has 0 saturated carbocycles. The van der Waals surface area contributed by atoms with Crippen molar-refractivity contribution in [3.63, 3.8) is 0 Å². The number of methoxy groups -OCH3 is 2. The third-order valence-electron chi connectivity index (χ3n) is 3.54. The molecule has 2 aromatic carbocycles. The zero-order valence-electron chi connectivity index (χ0n) is 13.5. The van der Waals surface area contributed by atoms with Crippen molar-refractivity contribution >= 4 is 10.0 Å². The smallest absolute Gasteiger partial charge is 0.247 e. The summed E-state index contributed by atoms with van der Waals surface area (Å²) in [6.45, 7) is 2.48. The highest BCUT2D eigenvalue weighted by molar-refractivity contribution is 7.89. The highest BCUT2D eigenvalue weighted by atomic mass is 32.2. The maximum atomic E-state index is 13.0. The maximum absolute atomic E-state index is 13.0. The zero-order chi connectivity index (χ0) is 16.9. The lowest BCUT2D eigenvalue weighted by molar-refractivity contribution is 0.383. The van der Waals surface area contributed by atoms with Crippen LogP contribution in [-0.2, 0) is 16.6 Å². The van der Waals surface area contributed by atoms with Crippen molar-refractivity contribution in [1.29, 1.82) is 0 Å². The van der Waals surface area contributed by atoms with Gasteiger partial charge >= 0.3 is 0 Å². The quantitative estimate of drug-likeness (QED) is 0.781. The van der Waals surface area contributed by atoms with Crippen LogP contribution < -0.4 is 9.47 Å². The Morgan fingerprint density at radius 2 is 1.70 bits per heavy atom. The van der Waals surface area contributed by atoms with E-state index in [-0.39, 0.29) is 4.90 Å². The fraction of sp³-hybridized carbons (Fsp3) is 0.294. The van der Waals surface area contributed by atoms with Gasteiger partial charge in [0.15, 0.2) is 0 Å². The summed E-state index contributed by atoms with van der Waals surface area (Å²) in [6.07, 6.45) is 0. The first-order valence-electron chi connectivity index (χ1n) is 7.29. The summed E-state index contributed by atoms with van der Waals surface area (Å²) in [6, 6.07) is 14.3. The highest BCUT2D eigenvalue weighted by Gasteiger charge is 2.27. The molecule has 2 rings (SSSR count). The normalized spacial score (nSPS) is 11.5. The van der Waals surface area contributed by atoms with Gasteiger partial charge in [-0.25, -0.2) is 8.42 Å². The van der Waals surface area contributed by atoms with Gasteiger partial charge in [0, 0.05) is 19.2 Å². The van der Waals surface area contributed by atoms with Crippen molar-refractivity contribution in [2.24, 2.45) is 0 Å². The average Bonchev–Trinajstić information content (AvgIpc) is 2.59. The van der Waals surface area contributed by atoms with E-state index in [0.29, 0.717) is 24.6 Å².